The number of rotatable bonds is 6. The monoisotopic (exact) mass is 150 g/mol. The Balaban J connectivity index is 3.21. The van der Waals surface area contributed by atoms with Crippen LogP contribution in [-0.2, 0) is 4.74 Å². The van der Waals surface area contributed by atoms with Crippen LogP contribution in [0.15, 0.2) is 0 Å². The van der Waals surface area contributed by atoms with Crippen LogP contribution in [0.5, 0.6) is 0 Å². The molecule has 1 atom stereocenters. The largest absolute Gasteiger partial charge is 0.396 e. The highest BCUT2D eigenvalue weighted by Gasteiger charge is 2.05. The Morgan fingerprint density at radius 1 is 1.20 bits per heavy atom. The predicted octanol–water partition coefficient (Wildman–Crippen LogP) is -1.06. The fraction of sp³-hybridized carbons (Fsp3) is 1.00. The Morgan fingerprint density at radius 3 is 2.30 bits per heavy atom. The van der Waals surface area contributed by atoms with Gasteiger partial charge in [0.05, 0.1) is 6.61 Å². The molecule has 0 aromatic rings. The van der Waals surface area contributed by atoms with Crippen molar-refractivity contribution in [1.82, 2.24) is 0 Å². The molecule has 0 saturated heterocycles. The molecule has 0 saturated carbocycles. The number of ether oxygens (including phenoxy) is 1. The first-order valence-corrected chi connectivity index (χ1v) is 3.25. The number of hydrogen-bond donors (Lipinski definition) is 3. The predicted molar refractivity (Wildman–Crippen MR) is 35.3 cm³/mol. The van der Waals surface area contributed by atoms with Crippen LogP contribution in [-0.4, -0.2) is 41.9 Å². The van der Waals surface area contributed by atoms with E-state index in [0.717, 1.165) is 0 Å². The normalized spacial score (nSPS) is 13.5. The van der Waals surface area contributed by atoms with Crippen molar-refractivity contribution in [2.24, 2.45) is 5.92 Å². The summed E-state index contributed by atoms with van der Waals surface area (Å²) in [6.07, 6.45) is 0.510. The molecule has 0 fully saturated rings. The molecule has 0 aromatic carbocycles. The Labute approximate surface area is 60.1 Å². The van der Waals surface area contributed by atoms with E-state index in [2.05, 4.69) is 4.74 Å². The zero-order valence-corrected chi connectivity index (χ0v) is 5.86. The molecule has 0 aliphatic carbocycles. The molecule has 4 heteroatoms. The van der Waals surface area contributed by atoms with Gasteiger partial charge in [0.15, 0.2) is 0 Å². The van der Waals surface area contributed by atoms with Gasteiger partial charge >= 0.3 is 0 Å². The lowest BCUT2D eigenvalue weighted by Crippen LogP contribution is -2.15. The number of aliphatic hydroxyl groups is 3. The molecule has 0 bridgehead atoms. The quantitative estimate of drug-likeness (QED) is 0.422. The molecule has 0 amide bonds. The second kappa shape index (κ2) is 6.95. The zero-order chi connectivity index (χ0) is 7.82. The van der Waals surface area contributed by atoms with E-state index < -0.39 is 0 Å². The van der Waals surface area contributed by atoms with E-state index >= 15 is 0 Å². The topological polar surface area (TPSA) is 69.9 Å². The van der Waals surface area contributed by atoms with Gasteiger partial charge in [0.2, 0.25) is 0 Å². The summed E-state index contributed by atoms with van der Waals surface area (Å²) < 4.78 is 4.62. The van der Waals surface area contributed by atoms with E-state index in [-0.39, 0.29) is 25.9 Å². The van der Waals surface area contributed by atoms with Crippen molar-refractivity contribution in [2.75, 3.05) is 26.6 Å². The van der Waals surface area contributed by atoms with E-state index in [4.69, 9.17) is 15.3 Å². The third-order valence-corrected chi connectivity index (χ3v) is 1.24. The number of aliphatic hydroxyl groups excluding tert-OH is 3. The standard InChI is InChI=1S/C6H14O4/c7-2-1-6(3-8)4-10-5-9/h6-9H,1-5H2/t6-/m1/s1. The lowest BCUT2D eigenvalue weighted by atomic mass is 10.1. The van der Waals surface area contributed by atoms with Crippen molar-refractivity contribution in [2.45, 2.75) is 6.42 Å². The van der Waals surface area contributed by atoms with Crippen molar-refractivity contribution < 1.29 is 20.1 Å². The lowest BCUT2D eigenvalue weighted by molar-refractivity contribution is -0.0288. The molecule has 0 unspecified atom stereocenters. The molecule has 62 valence electrons. The molecule has 3 N–H and O–H groups in total. The van der Waals surface area contributed by atoms with Gasteiger partial charge in [0, 0.05) is 19.1 Å². The van der Waals surface area contributed by atoms with Gasteiger partial charge in [-0.1, -0.05) is 0 Å². The highest BCUT2D eigenvalue weighted by Crippen LogP contribution is 2.00. The van der Waals surface area contributed by atoms with Crippen molar-refractivity contribution in [1.29, 1.82) is 0 Å². The van der Waals surface area contributed by atoms with E-state index in [1.807, 2.05) is 0 Å². The first-order chi connectivity index (χ1) is 4.85. The van der Waals surface area contributed by atoms with Gasteiger partial charge < -0.3 is 20.1 Å². The molecule has 0 aromatic heterocycles. The molecular formula is C6H14O4. The summed E-state index contributed by atoms with van der Waals surface area (Å²) in [5, 5.41) is 25.3. The van der Waals surface area contributed by atoms with E-state index in [1.165, 1.54) is 0 Å². The average Bonchev–Trinajstić information content (AvgIpc) is 1.98. The van der Waals surface area contributed by atoms with Crippen LogP contribution in [0.2, 0.25) is 0 Å². The minimum absolute atomic E-state index is 0.0133. The van der Waals surface area contributed by atoms with E-state index in [0.29, 0.717) is 13.0 Å². The maximum Gasteiger partial charge on any atom is 0.143 e. The van der Waals surface area contributed by atoms with Gasteiger partial charge in [-0.25, -0.2) is 0 Å². The summed E-state index contributed by atoms with van der Waals surface area (Å²) in [4.78, 5) is 0. The molecule has 10 heavy (non-hydrogen) atoms. The fourth-order valence-electron chi connectivity index (χ4n) is 0.629. The molecule has 0 heterocycles. The van der Waals surface area contributed by atoms with Gasteiger partial charge in [0.1, 0.15) is 6.79 Å². The maximum atomic E-state index is 8.61. The van der Waals surface area contributed by atoms with Gasteiger partial charge in [-0.2, -0.15) is 0 Å². The van der Waals surface area contributed by atoms with Gasteiger partial charge in [-0.3, -0.25) is 0 Å². The Kier molecular flexibility index (Phi) is 6.84. The van der Waals surface area contributed by atoms with E-state index in [1.54, 1.807) is 0 Å². The summed E-state index contributed by atoms with van der Waals surface area (Å²) in [5.41, 5.74) is 0. The van der Waals surface area contributed by atoms with Crippen LogP contribution < -0.4 is 0 Å². The Bertz CT molecular complexity index is 66.8. The van der Waals surface area contributed by atoms with Crippen molar-refractivity contribution >= 4 is 0 Å². The summed E-state index contributed by atoms with van der Waals surface area (Å²) in [6.45, 7) is -0.00390. The highest BCUT2D eigenvalue weighted by atomic mass is 16.6. The molecule has 0 radical (unpaired) electrons. The van der Waals surface area contributed by atoms with Crippen LogP contribution in [0.25, 0.3) is 0 Å². The highest BCUT2D eigenvalue weighted by molar-refractivity contribution is 4.54. The molecule has 0 aliphatic heterocycles. The SMILES string of the molecule is OCC[C@H](CO)COCO. The third kappa shape index (κ3) is 4.69. The maximum absolute atomic E-state index is 8.61. The minimum atomic E-state index is -0.331. The van der Waals surface area contributed by atoms with Crippen LogP contribution in [0.3, 0.4) is 0 Å². The molecule has 0 rings (SSSR count). The minimum Gasteiger partial charge on any atom is -0.396 e. The smallest absolute Gasteiger partial charge is 0.143 e. The molecular weight excluding hydrogens is 136 g/mol. The van der Waals surface area contributed by atoms with Gasteiger partial charge in [0.25, 0.3) is 0 Å². The van der Waals surface area contributed by atoms with Crippen molar-refractivity contribution in [3.8, 4) is 0 Å². The lowest BCUT2D eigenvalue weighted by Gasteiger charge is -2.10. The summed E-state index contributed by atoms with van der Waals surface area (Å²) in [5.74, 6) is -0.0582. The van der Waals surface area contributed by atoms with Crippen LogP contribution in [0, 0.1) is 5.92 Å². The molecule has 0 aliphatic rings. The summed E-state index contributed by atoms with van der Waals surface area (Å²) >= 11 is 0. The average molecular weight is 150 g/mol. The number of hydrogen-bond acceptors (Lipinski definition) is 4. The zero-order valence-electron chi connectivity index (χ0n) is 5.86. The third-order valence-electron chi connectivity index (χ3n) is 1.24. The van der Waals surface area contributed by atoms with Gasteiger partial charge in [-0.15, -0.1) is 0 Å². The summed E-state index contributed by atoms with van der Waals surface area (Å²) in [7, 11) is 0. The first kappa shape index (κ1) is 9.84. The summed E-state index contributed by atoms with van der Waals surface area (Å²) in [6, 6.07) is 0. The van der Waals surface area contributed by atoms with Gasteiger partial charge in [-0.05, 0) is 6.42 Å². The molecule has 0 spiro atoms. The van der Waals surface area contributed by atoms with Crippen molar-refractivity contribution in [3.63, 3.8) is 0 Å². The Hall–Kier alpha value is -0.160. The second-order valence-electron chi connectivity index (χ2n) is 2.06. The van der Waals surface area contributed by atoms with Crippen LogP contribution in [0.4, 0.5) is 0 Å². The fourth-order valence-corrected chi connectivity index (χ4v) is 0.629. The Morgan fingerprint density at radius 2 is 1.90 bits per heavy atom. The second-order valence-corrected chi connectivity index (χ2v) is 2.06. The van der Waals surface area contributed by atoms with Crippen LogP contribution >= 0.6 is 0 Å². The van der Waals surface area contributed by atoms with Crippen molar-refractivity contribution in [3.05, 3.63) is 0 Å². The molecule has 4 nitrogen and oxygen atoms in total. The van der Waals surface area contributed by atoms with Crippen LogP contribution in [0.1, 0.15) is 6.42 Å². The van der Waals surface area contributed by atoms with E-state index in [9.17, 15) is 0 Å². The first-order valence-electron chi connectivity index (χ1n) is 3.25.